The average Bonchev–Trinajstić information content (AvgIpc) is 2.87. The minimum absolute atomic E-state index is 0.216. The van der Waals surface area contributed by atoms with Gasteiger partial charge in [0.05, 0.1) is 17.4 Å². The van der Waals surface area contributed by atoms with E-state index in [0.29, 0.717) is 16.9 Å². The molecule has 0 aliphatic rings. The molecule has 1 amide bonds. The number of hydrogen-bond donors (Lipinski definition) is 2. The molecule has 0 saturated heterocycles. The summed E-state index contributed by atoms with van der Waals surface area (Å²) in [5.41, 5.74) is 2.02. The van der Waals surface area contributed by atoms with Gasteiger partial charge in [-0.25, -0.2) is 9.97 Å². The van der Waals surface area contributed by atoms with E-state index in [9.17, 15) is 4.79 Å². The number of benzene rings is 1. The summed E-state index contributed by atoms with van der Waals surface area (Å²) in [7, 11) is 0. The molecule has 88 valence electrons. The molecule has 0 unspecified atom stereocenters. The molecular weight excluding hydrogens is 228 g/mol. The van der Waals surface area contributed by atoms with Crippen molar-refractivity contribution in [2.45, 2.75) is 0 Å². The lowest BCUT2D eigenvalue weighted by Crippen LogP contribution is -2.13. The van der Waals surface area contributed by atoms with E-state index in [1.807, 2.05) is 18.2 Å². The fourth-order valence-corrected chi connectivity index (χ4v) is 1.77. The van der Waals surface area contributed by atoms with Crippen LogP contribution in [0.25, 0.3) is 11.0 Å². The van der Waals surface area contributed by atoms with Crippen LogP contribution >= 0.6 is 0 Å². The largest absolute Gasteiger partial charge is 0.345 e. The molecule has 2 heterocycles. The second kappa shape index (κ2) is 4.29. The van der Waals surface area contributed by atoms with E-state index in [0.717, 1.165) is 5.52 Å². The van der Waals surface area contributed by atoms with Gasteiger partial charge in [-0.05, 0) is 24.3 Å². The van der Waals surface area contributed by atoms with Crippen molar-refractivity contribution in [3.05, 3.63) is 54.5 Å². The first kappa shape index (κ1) is 10.5. The predicted octanol–water partition coefficient (Wildman–Crippen LogP) is 2.21. The van der Waals surface area contributed by atoms with Gasteiger partial charge < -0.3 is 10.3 Å². The number of anilines is 1. The van der Waals surface area contributed by atoms with Gasteiger partial charge in [0, 0.05) is 6.20 Å². The Hall–Kier alpha value is -2.69. The molecule has 18 heavy (non-hydrogen) atoms. The number of amides is 1. The number of aromatic amines is 1. The fraction of sp³-hybridized carbons (Fsp3) is 0. The SMILES string of the molecule is O=C(Nc1ccccn1)c1cccc2[nH]cnc12. The van der Waals surface area contributed by atoms with Crippen molar-refractivity contribution in [1.82, 2.24) is 15.0 Å². The van der Waals surface area contributed by atoms with Crippen molar-refractivity contribution in [3.63, 3.8) is 0 Å². The van der Waals surface area contributed by atoms with Gasteiger partial charge in [-0.3, -0.25) is 4.79 Å². The maximum atomic E-state index is 12.1. The molecule has 3 rings (SSSR count). The molecule has 2 N–H and O–H groups in total. The summed E-state index contributed by atoms with van der Waals surface area (Å²) < 4.78 is 0. The Labute approximate surface area is 103 Å². The lowest BCUT2D eigenvalue weighted by Gasteiger charge is -2.04. The molecule has 0 radical (unpaired) electrons. The van der Waals surface area contributed by atoms with Gasteiger partial charge in [-0.2, -0.15) is 0 Å². The molecule has 2 aromatic heterocycles. The number of imidazole rings is 1. The van der Waals surface area contributed by atoms with Crippen molar-refractivity contribution in [2.75, 3.05) is 5.32 Å². The second-order valence-corrected chi connectivity index (χ2v) is 3.77. The zero-order valence-corrected chi connectivity index (χ0v) is 9.42. The van der Waals surface area contributed by atoms with Gasteiger partial charge in [0.15, 0.2) is 0 Å². The van der Waals surface area contributed by atoms with E-state index < -0.39 is 0 Å². The number of carbonyl (C=O) groups excluding carboxylic acids is 1. The molecule has 0 bridgehead atoms. The highest BCUT2D eigenvalue weighted by Crippen LogP contribution is 2.15. The summed E-state index contributed by atoms with van der Waals surface area (Å²) >= 11 is 0. The highest BCUT2D eigenvalue weighted by atomic mass is 16.1. The summed E-state index contributed by atoms with van der Waals surface area (Å²) in [5, 5.41) is 2.74. The van der Waals surface area contributed by atoms with Crippen molar-refractivity contribution in [2.24, 2.45) is 0 Å². The quantitative estimate of drug-likeness (QED) is 0.719. The van der Waals surface area contributed by atoms with Gasteiger partial charge in [0.25, 0.3) is 5.91 Å². The number of hydrogen-bond acceptors (Lipinski definition) is 3. The number of pyridine rings is 1. The number of H-pyrrole nitrogens is 1. The summed E-state index contributed by atoms with van der Waals surface area (Å²) in [6.45, 7) is 0. The third-order valence-electron chi connectivity index (χ3n) is 2.60. The number of nitrogens with one attached hydrogen (secondary N) is 2. The van der Waals surface area contributed by atoms with Crippen LogP contribution in [-0.2, 0) is 0 Å². The Morgan fingerprint density at radius 2 is 2.06 bits per heavy atom. The van der Waals surface area contributed by atoms with E-state index >= 15 is 0 Å². The van der Waals surface area contributed by atoms with Crippen LogP contribution in [0, 0.1) is 0 Å². The number of para-hydroxylation sites is 1. The van der Waals surface area contributed by atoms with Crippen molar-refractivity contribution in [1.29, 1.82) is 0 Å². The van der Waals surface area contributed by atoms with Crippen LogP contribution < -0.4 is 5.32 Å². The first-order chi connectivity index (χ1) is 8.84. The molecule has 0 fully saturated rings. The molecular formula is C13H10N4O. The van der Waals surface area contributed by atoms with Crippen LogP contribution in [-0.4, -0.2) is 20.9 Å². The first-order valence-corrected chi connectivity index (χ1v) is 5.49. The number of fused-ring (bicyclic) bond motifs is 1. The summed E-state index contributed by atoms with van der Waals surface area (Å²) in [5.74, 6) is 0.307. The standard InChI is InChI=1S/C13H10N4O/c18-13(17-11-6-1-2-7-14-11)9-4-3-5-10-12(9)16-8-15-10/h1-8H,(H,15,16)(H,14,17,18). The Bertz CT molecular complexity index is 690. The van der Waals surface area contributed by atoms with Crippen molar-refractivity contribution >= 4 is 22.8 Å². The Kier molecular flexibility index (Phi) is 2.49. The second-order valence-electron chi connectivity index (χ2n) is 3.77. The fourth-order valence-electron chi connectivity index (χ4n) is 1.77. The van der Waals surface area contributed by atoms with Gasteiger partial charge in [0.1, 0.15) is 11.3 Å². The molecule has 5 nitrogen and oxygen atoms in total. The lowest BCUT2D eigenvalue weighted by molar-refractivity contribution is 0.102. The summed E-state index contributed by atoms with van der Waals surface area (Å²) in [4.78, 5) is 23.3. The Balaban J connectivity index is 1.95. The maximum Gasteiger partial charge on any atom is 0.259 e. The molecule has 3 aromatic rings. The maximum absolute atomic E-state index is 12.1. The molecule has 0 atom stereocenters. The van der Waals surface area contributed by atoms with Crippen LogP contribution in [0.3, 0.4) is 0 Å². The van der Waals surface area contributed by atoms with Crippen LogP contribution in [0.1, 0.15) is 10.4 Å². The molecule has 0 aliphatic carbocycles. The highest BCUT2D eigenvalue weighted by molar-refractivity contribution is 6.11. The van der Waals surface area contributed by atoms with Crippen molar-refractivity contribution in [3.8, 4) is 0 Å². The minimum atomic E-state index is -0.216. The first-order valence-electron chi connectivity index (χ1n) is 5.49. The zero-order valence-electron chi connectivity index (χ0n) is 9.42. The van der Waals surface area contributed by atoms with Gasteiger partial charge in [0.2, 0.25) is 0 Å². The molecule has 0 saturated carbocycles. The zero-order chi connectivity index (χ0) is 12.4. The molecule has 1 aromatic carbocycles. The monoisotopic (exact) mass is 238 g/mol. The van der Waals surface area contributed by atoms with Crippen LogP contribution in [0.4, 0.5) is 5.82 Å². The van der Waals surface area contributed by atoms with Crippen LogP contribution in [0.5, 0.6) is 0 Å². The summed E-state index contributed by atoms with van der Waals surface area (Å²) in [6.07, 6.45) is 3.20. The van der Waals surface area contributed by atoms with Crippen molar-refractivity contribution < 1.29 is 4.79 Å². The Morgan fingerprint density at radius 1 is 1.11 bits per heavy atom. The molecule has 0 aliphatic heterocycles. The highest BCUT2D eigenvalue weighted by Gasteiger charge is 2.11. The lowest BCUT2D eigenvalue weighted by atomic mass is 10.1. The third-order valence-corrected chi connectivity index (χ3v) is 2.60. The van der Waals surface area contributed by atoms with E-state index in [1.54, 1.807) is 30.7 Å². The molecule has 5 heteroatoms. The van der Waals surface area contributed by atoms with E-state index in [-0.39, 0.29) is 5.91 Å². The predicted molar refractivity (Wildman–Crippen MR) is 68.3 cm³/mol. The summed E-state index contributed by atoms with van der Waals surface area (Å²) in [6, 6.07) is 10.8. The van der Waals surface area contributed by atoms with E-state index in [1.165, 1.54) is 0 Å². The van der Waals surface area contributed by atoms with Gasteiger partial charge in [-0.15, -0.1) is 0 Å². The van der Waals surface area contributed by atoms with Gasteiger partial charge in [-0.1, -0.05) is 12.1 Å². The molecule has 0 spiro atoms. The van der Waals surface area contributed by atoms with Gasteiger partial charge >= 0.3 is 0 Å². The third kappa shape index (κ3) is 1.82. The topological polar surface area (TPSA) is 70.7 Å². The van der Waals surface area contributed by atoms with Crippen LogP contribution in [0.2, 0.25) is 0 Å². The number of carbonyl (C=O) groups is 1. The number of nitrogens with zero attached hydrogens (tertiary/aromatic N) is 2. The average molecular weight is 238 g/mol. The smallest absolute Gasteiger partial charge is 0.259 e. The number of aromatic nitrogens is 3. The van der Waals surface area contributed by atoms with Crippen LogP contribution in [0.15, 0.2) is 48.9 Å². The van der Waals surface area contributed by atoms with E-state index in [2.05, 4.69) is 20.3 Å². The number of rotatable bonds is 2. The Morgan fingerprint density at radius 3 is 2.89 bits per heavy atom. The normalized spacial score (nSPS) is 10.4. The minimum Gasteiger partial charge on any atom is -0.345 e. The van der Waals surface area contributed by atoms with E-state index in [4.69, 9.17) is 0 Å².